The Labute approximate surface area is 83.9 Å². The number of nitrogens with zero attached hydrogens (tertiary/aromatic N) is 2. The van der Waals surface area contributed by atoms with Crippen LogP contribution in [0, 0.1) is 0 Å². The molecular formula is C11H26N2. The van der Waals surface area contributed by atoms with Crippen molar-refractivity contribution >= 4 is 0 Å². The van der Waals surface area contributed by atoms with Gasteiger partial charge >= 0.3 is 0 Å². The maximum atomic E-state index is 2.56. The molecule has 1 atom stereocenters. The second-order valence-corrected chi connectivity index (χ2v) is 3.59. The molecule has 0 bridgehead atoms. The molecule has 0 aromatic carbocycles. The molecule has 0 saturated carbocycles. The Morgan fingerprint density at radius 2 is 1.85 bits per heavy atom. The van der Waals surface area contributed by atoms with Crippen LogP contribution < -0.4 is 0 Å². The molecule has 1 saturated heterocycles. The second-order valence-electron chi connectivity index (χ2n) is 3.59. The quantitative estimate of drug-likeness (QED) is 0.618. The van der Waals surface area contributed by atoms with Gasteiger partial charge in [0.2, 0.25) is 0 Å². The van der Waals surface area contributed by atoms with Crippen LogP contribution in [0.4, 0.5) is 0 Å². The van der Waals surface area contributed by atoms with Gasteiger partial charge in [0.05, 0.1) is 0 Å². The molecule has 0 aromatic heterocycles. The van der Waals surface area contributed by atoms with Crippen molar-refractivity contribution in [3.8, 4) is 0 Å². The minimum absolute atomic E-state index is 0.743. The fourth-order valence-electron chi connectivity index (χ4n) is 1.89. The van der Waals surface area contributed by atoms with Gasteiger partial charge < -0.3 is 4.90 Å². The van der Waals surface area contributed by atoms with E-state index in [2.05, 4.69) is 30.7 Å². The van der Waals surface area contributed by atoms with Gasteiger partial charge in [-0.25, -0.2) is 0 Å². The SMILES string of the molecule is CC.CCN1CCCN(C)CC1C. The van der Waals surface area contributed by atoms with Gasteiger partial charge in [0.25, 0.3) is 0 Å². The van der Waals surface area contributed by atoms with Gasteiger partial charge in [-0.3, -0.25) is 4.90 Å². The second kappa shape index (κ2) is 7.34. The molecule has 0 radical (unpaired) electrons. The Bertz CT molecular complexity index is 115. The van der Waals surface area contributed by atoms with Crippen molar-refractivity contribution in [3.05, 3.63) is 0 Å². The summed E-state index contributed by atoms with van der Waals surface area (Å²) in [6.45, 7) is 13.6. The highest BCUT2D eigenvalue weighted by Crippen LogP contribution is 2.06. The molecule has 2 heteroatoms. The predicted molar refractivity (Wildman–Crippen MR) is 60.2 cm³/mol. The van der Waals surface area contributed by atoms with Crippen molar-refractivity contribution in [2.75, 3.05) is 33.2 Å². The molecule has 1 heterocycles. The lowest BCUT2D eigenvalue weighted by Crippen LogP contribution is -2.37. The number of hydrogen-bond acceptors (Lipinski definition) is 2. The molecule has 0 spiro atoms. The molecule has 80 valence electrons. The van der Waals surface area contributed by atoms with E-state index in [1.165, 1.54) is 32.6 Å². The number of hydrogen-bond donors (Lipinski definition) is 0. The van der Waals surface area contributed by atoms with Crippen LogP contribution in [0.25, 0.3) is 0 Å². The summed E-state index contributed by atoms with van der Waals surface area (Å²) in [5.41, 5.74) is 0. The first-order chi connectivity index (χ1) is 6.24. The third-order valence-corrected chi connectivity index (χ3v) is 2.59. The maximum absolute atomic E-state index is 2.56. The minimum atomic E-state index is 0.743. The van der Waals surface area contributed by atoms with Crippen LogP contribution >= 0.6 is 0 Å². The first kappa shape index (κ1) is 12.9. The zero-order valence-corrected chi connectivity index (χ0v) is 10.0. The van der Waals surface area contributed by atoms with E-state index in [4.69, 9.17) is 0 Å². The van der Waals surface area contributed by atoms with Crippen molar-refractivity contribution in [2.45, 2.75) is 40.2 Å². The highest BCUT2D eigenvalue weighted by molar-refractivity contribution is 4.73. The van der Waals surface area contributed by atoms with Crippen LogP contribution in [0.15, 0.2) is 0 Å². The van der Waals surface area contributed by atoms with E-state index in [-0.39, 0.29) is 0 Å². The minimum Gasteiger partial charge on any atom is -0.305 e. The Hall–Kier alpha value is -0.0800. The van der Waals surface area contributed by atoms with Gasteiger partial charge in [0, 0.05) is 12.6 Å². The number of rotatable bonds is 1. The predicted octanol–water partition coefficient (Wildman–Crippen LogP) is 2.06. The fourth-order valence-corrected chi connectivity index (χ4v) is 1.89. The highest BCUT2D eigenvalue weighted by Gasteiger charge is 2.17. The lowest BCUT2D eigenvalue weighted by Gasteiger charge is -2.26. The average molecular weight is 186 g/mol. The summed E-state index contributed by atoms with van der Waals surface area (Å²) in [4.78, 5) is 4.99. The summed E-state index contributed by atoms with van der Waals surface area (Å²) in [5, 5.41) is 0. The van der Waals surface area contributed by atoms with E-state index >= 15 is 0 Å². The van der Waals surface area contributed by atoms with E-state index in [1.54, 1.807) is 0 Å². The van der Waals surface area contributed by atoms with Gasteiger partial charge in [0.1, 0.15) is 0 Å². The monoisotopic (exact) mass is 186 g/mol. The molecule has 1 fully saturated rings. The normalized spacial score (nSPS) is 26.1. The molecule has 0 amide bonds. The van der Waals surface area contributed by atoms with Gasteiger partial charge in [-0.15, -0.1) is 0 Å². The lowest BCUT2D eigenvalue weighted by molar-refractivity contribution is 0.212. The van der Waals surface area contributed by atoms with Gasteiger partial charge in [-0.2, -0.15) is 0 Å². The van der Waals surface area contributed by atoms with Crippen LogP contribution in [0.3, 0.4) is 0 Å². The molecular weight excluding hydrogens is 160 g/mol. The van der Waals surface area contributed by atoms with E-state index in [0.717, 1.165) is 6.04 Å². The fraction of sp³-hybridized carbons (Fsp3) is 1.00. The van der Waals surface area contributed by atoms with Crippen molar-refractivity contribution in [2.24, 2.45) is 0 Å². The smallest absolute Gasteiger partial charge is 0.0194 e. The van der Waals surface area contributed by atoms with E-state index in [0.29, 0.717) is 0 Å². The maximum Gasteiger partial charge on any atom is 0.0194 e. The Balaban J connectivity index is 0.000000671. The third kappa shape index (κ3) is 4.63. The van der Waals surface area contributed by atoms with Crippen molar-refractivity contribution in [1.29, 1.82) is 0 Å². The average Bonchev–Trinajstić information content (AvgIpc) is 2.30. The van der Waals surface area contributed by atoms with E-state index < -0.39 is 0 Å². The molecule has 1 rings (SSSR count). The van der Waals surface area contributed by atoms with Gasteiger partial charge in [-0.05, 0) is 40.0 Å². The van der Waals surface area contributed by atoms with Crippen LogP contribution in [0.5, 0.6) is 0 Å². The molecule has 0 aromatic rings. The first-order valence-corrected chi connectivity index (χ1v) is 5.66. The molecule has 2 nitrogen and oxygen atoms in total. The molecule has 1 unspecified atom stereocenters. The van der Waals surface area contributed by atoms with E-state index in [1.807, 2.05) is 13.8 Å². The Kier molecular flexibility index (Phi) is 7.29. The van der Waals surface area contributed by atoms with Crippen molar-refractivity contribution in [1.82, 2.24) is 9.80 Å². The molecule has 0 N–H and O–H groups in total. The van der Waals surface area contributed by atoms with Crippen molar-refractivity contribution < 1.29 is 0 Å². The lowest BCUT2D eigenvalue weighted by atomic mass is 10.3. The molecule has 13 heavy (non-hydrogen) atoms. The summed E-state index contributed by atoms with van der Waals surface area (Å²) in [5.74, 6) is 0. The third-order valence-electron chi connectivity index (χ3n) is 2.59. The Morgan fingerprint density at radius 1 is 1.23 bits per heavy atom. The summed E-state index contributed by atoms with van der Waals surface area (Å²) < 4.78 is 0. The van der Waals surface area contributed by atoms with Crippen molar-refractivity contribution in [3.63, 3.8) is 0 Å². The largest absolute Gasteiger partial charge is 0.305 e. The van der Waals surface area contributed by atoms with Crippen LogP contribution in [0.2, 0.25) is 0 Å². The highest BCUT2D eigenvalue weighted by atomic mass is 15.2. The summed E-state index contributed by atoms with van der Waals surface area (Å²) in [6.07, 6.45) is 1.33. The van der Waals surface area contributed by atoms with Crippen LogP contribution in [0.1, 0.15) is 34.1 Å². The standard InChI is InChI=1S/C9H20N2.C2H6/c1-4-11-7-5-6-10(3)8-9(11)2;1-2/h9H,4-8H2,1-3H3;1-2H3. The molecule has 0 aliphatic carbocycles. The van der Waals surface area contributed by atoms with E-state index in [9.17, 15) is 0 Å². The summed E-state index contributed by atoms with van der Waals surface area (Å²) in [6, 6.07) is 0.743. The molecule has 1 aliphatic rings. The molecule has 1 aliphatic heterocycles. The first-order valence-electron chi connectivity index (χ1n) is 5.66. The van der Waals surface area contributed by atoms with Gasteiger partial charge in [0.15, 0.2) is 0 Å². The van der Waals surface area contributed by atoms with Gasteiger partial charge in [-0.1, -0.05) is 20.8 Å². The number of likely N-dealkylation sites (N-methyl/N-ethyl adjacent to an activating group) is 2. The topological polar surface area (TPSA) is 6.48 Å². The zero-order valence-electron chi connectivity index (χ0n) is 10.0. The van der Waals surface area contributed by atoms with Crippen LogP contribution in [-0.2, 0) is 0 Å². The summed E-state index contributed by atoms with van der Waals surface area (Å²) in [7, 11) is 2.22. The van der Waals surface area contributed by atoms with Crippen LogP contribution in [-0.4, -0.2) is 49.1 Å². The summed E-state index contributed by atoms with van der Waals surface area (Å²) >= 11 is 0. The Morgan fingerprint density at radius 3 is 2.38 bits per heavy atom. The zero-order chi connectivity index (χ0) is 10.3.